The molecule has 9 nitrogen and oxygen atoms in total. The zero-order chi connectivity index (χ0) is 21.3. The molecular weight excluding hydrogens is 386 g/mol. The van der Waals surface area contributed by atoms with Crippen LogP contribution < -0.4 is 21.2 Å². The minimum atomic E-state index is -0.411. The van der Waals surface area contributed by atoms with Gasteiger partial charge < -0.3 is 20.2 Å². The number of anilines is 1. The number of hydrogen-bond acceptors (Lipinski definition) is 6. The van der Waals surface area contributed by atoms with Crippen LogP contribution in [-0.2, 0) is 17.8 Å². The van der Waals surface area contributed by atoms with Gasteiger partial charge in [0.25, 0.3) is 17.1 Å². The molecule has 154 valence electrons. The largest absolute Gasteiger partial charge is 0.467 e. The maximum Gasteiger partial charge on any atom is 0.278 e. The smallest absolute Gasteiger partial charge is 0.278 e. The van der Waals surface area contributed by atoms with E-state index in [0.29, 0.717) is 35.6 Å². The standard InChI is InChI=1S/C21H21N5O4/c1-13-5-3-7-26-18(13)24-19-16(21(26)28)11-15(17(22)25(19)8-10-29-2)20(27)23-12-14-6-4-9-30-14/h3-7,9,11,22H,8,10,12H2,1-2H3,(H,23,27)/p+1. The topological polar surface area (TPSA) is 116 Å². The van der Waals surface area contributed by atoms with Crippen molar-refractivity contribution in [2.45, 2.75) is 20.0 Å². The van der Waals surface area contributed by atoms with Crippen molar-refractivity contribution in [3.05, 3.63) is 70.0 Å². The number of rotatable bonds is 6. The number of nitrogens with zero attached hydrogens (tertiary/aromatic N) is 3. The van der Waals surface area contributed by atoms with E-state index in [4.69, 9.17) is 14.9 Å². The molecule has 0 radical (unpaired) electrons. The number of fused-ring (bicyclic) bond motifs is 2. The second-order valence-electron chi connectivity index (χ2n) is 6.89. The van der Waals surface area contributed by atoms with E-state index in [0.717, 1.165) is 5.56 Å². The quantitative estimate of drug-likeness (QED) is 0.366. The van der Waals surface area contributed by atoms with Gasteiger partial charge >= 0.3 is 0 Å². The molecule has 0 spiro atoms. The fourth-order valence-corrected chi connectivity index (χ4v) is 3.38. The molecule has 4 aromatic rings. The Morgan fingerprint density at radius 3 is 2.93 bits per heavy atom. The van der Waals surface area contributed by atoms with E-state index in [1.54, 1.807) is 36.1 Å². The van der Waals surface area contributed by atoms with Crippen molar-refractivity contribution < 1.29 is 18.5 Å². The molecule has 4 heterocycles. The van der Waals surface area contributed by atoms with Crippen LogP contribution >= 0.6 is 0 Å². The van der Waals surface area contributed by atoms with Gasteiger partial charge in [0, 0.05) is 18.9 Å². The minimum Gasteiger partial charge on any atom is -0.467 e. The van der Waals surface area contributed by atoms with E-state index in [2.05, 4.69) is 10.3 Å². The fraction of sp³-hybridized carbons (Fsp3) is 0.238. The first-order valence-electron chi connectivity index (χ1n) is 9.44. The molecule has 0 aromatic carbocycles. The maximum atomic E-state index is 13.2. The molecule has 4 aromatic heterocycles. The number of pyridine rings is 2. The van der Waals surface area contributed by atoms with E-state index >= 15 is 0 Å². The van der Waals surface area contributed by atoms with Crippen LogP contribution in [0.5, 0.6) is 0 Å². The predicted molar refractivity (Wildman–Crippen MR) is 110 cm³/mol. The fourth-order valence-electron chi connectivity index (χ4n) is 3.38. The Kier molecular flexibility index (Phi) is 5.20. The SMILES string of the molecule is COCC[n+]1c(N)c(C(=O)NCc2ccco2)cc2c(=O)n3cccc(C)c3nc21. The third-order valence-electron chi connectivity index (χ3n) is 4.94. The Bertz CT molecular complexity index is 1290. The summed E-state index contributed by atoms with van der Waals surface area (Å²) in [5.74, 6) is 0.408. The second-order valence-corrected chi connectivity index (χ2v) is 6.89. The van der Waals surface area contributed by atoms with Crippen LogP contribution in [0.2, 0.25) is 0 Å². The monoisotopic (exact) mass is 408 g/mol. The highest BCUT2D eigenvalue weighted by atomic mass is 16.5. The molecule has 0 aliphatic heterocycles. The Balaban J connectivity index is 1.89. The zero-order valence-electron chi connectivity index (χ0n) is 16.7. The van der Waals surface area contributed by atoms with E-state index < -0.39 is 5.91 Å². The first-order chi connectivity index (χ1) is 14.5. The highest BCUT2D eigenvalue weighted by molar-refractivity contribution is 6.00. The van der Waals surface area contributed by atoms with E-state index in [9.17, 15) is 9.59 Å². The summed E-state index contributed by atoms with van der Waals surface area (Å²) >= 11 is 0. The summed E-state index contributed by atoms with van der Waals surface area (Å²) in [6, 6.07) is 8.66. The van der Waals surface area contributed by atoms with Gasteiger partial charge in [-0.15, -0.1) is 0 Å². The molecule has 0 unspecified atom stereocenters. The number of carbonyl (C=O) groups is 1. The van der Waals surface area contributed by atoms with Gasteiger partial charge in [0.1, 0.15) is 16.7 Å². The summed E-state index contributed by atoms with van der Waals surface area (Å²) in [6.45, 7) is 2.77. The van der Waals surface area contributed by atoms with Gasteiger partial charge in [-0.25, -0.2) is 4.57 Å². The Labute approximate surface area is 171 Å². The van der Waals surface area contributed by atoms with Gasteiger partial charge in [-0.1, -0.05) is 11.1 Å². The van der Waals surface area contributed by atoms with E-state index in [1.165, 1.54) is 16.7 Å². The summed E-state index contributed by atoms with van der Waals surface area (Å²) in [5, 5.41) is 3.07. The van der Waals surface area contributed by atoms with Crippen molar-refractivity contribution in [1.82, 2.24) is 14.7 Å². The van der Waals surface area contributed by atoms with Crippen molar-refractivity contribution in [1.29, 1.82) is 0 Å². The van der Waals surface area contributed by atoms with Gasteiger partial charge in [-0.05, 0) is 31.2 Å². The van der Waals surface area contributed by atoms with Crippen molar-refractivity contribution in [3.63, 3.8) is 0 Å². The summed E-state index contributed by atoms with van der Waals surface area (Å²) in [7, 11) is 1.57. The van der Waals surface area contributed by atoms with Crippen LogP contribution in [-0.4, -0.2) is 29.0 Å². The summed E-state index contributed by atoms with van der Waals surface area (Å²) < 4.78 is 13.6. The normalized spacial score (nSPS) is 11.3. The number of amides is 1. The lowest BCUT2D eigenvalue weighted by Gasteiger charge is -2.12. The molecule has 9 heteroatoms. The first-order valence-corrected chi connectivity index (χ1v) is 9.44. The highest BCUT2D eigenvalue weighted by Crippen LogP contribution is 2.16. The summed E-state index contributed by atoms with van der Waals surface area (Å²) in [5.41, 5.74) is 8.07. The van der Waals surface area contributed by atoms with Crippen LogP contribution in [0.1, 0.15) is 21.7 Å². The molecule has 30 heavy (non-hydrogen) atoms. The number of nitrogens with one attached hydrogen (secondary N) is 1. The average Bonchev–Trinajstić information content (AvgIpc) is 3.26. The number of aryl methyl sites for hydroxylation is 1. The van der Waals surface area contributed by atoms with Gasteiger partial charge in [-0.3, -0.25) is 14.0 Å². The predicted octanol–water partition coefficient (Wildman–Crippen LogP) is 1.20. The van der Waals surface area contributed by atoms with Crippen LogP contribution in [0.3, 0.4) is 0 Å². The minimum absolute atomic E-state index is 0.191. The van der Waals surface area contributed by atoms with E-state index in [1.807, 2.05) is 13.0 Å². The lowest BCUT2D eigenvalue weighted by Crippen LogP contribution is -2.44. The number of carbonyl (C=O) groups excluding carboxylic acids is 1. The van der Waals surface area contributed by atoms with Gasteiger partial charge in [0.15, 0.2) is 0 Å². The van der Waals surface area contributed by atoms with Crippen LogP contribution in [0.15, 0.2) is 52.0 Å². The van der Waals surface area contributed by atoms with Crippen LogP contribution in [0.4, 0.5) is 5.82 Å². The number of aromatic nitrogens is 3. The molecule has 0 saturated carbocycles. The molecule has 4 rings (SSSR count). The molecule has 0 atom stereocenters. The first kappa shape index (κ1) is 19.6. The van der Waals surface area contributed by atoms with E-state index in [-0.39, 0.29) is 23.5 Å². The Hall–Kier alpha value is -3.72. The summed E-state index contributed by atoms with van der Waals surface area (Å²) in [4.78, 5) is 30.7. The number of methoxy groups -OCH3 is 1. The number of ether oxygens (including phenoxy) is 1. The van der Waals surface area contributed by atoms with Gasteiger partial charge in [0.2, 0.25) is 11.5 Å². The zero-order valence-corrected chi connectivity index (χ0v) is 16.7. The number of nitrogens with two attached hydrogens (primary N) is 1. The summed E-state index contributed by atoms with van der Waals surface area (Å²) in [6.07, 6.45) is 3.19. The number of hydrogen-bond donors (Lipinski definition) is 2. The molecule has 3 N–H and O–H groups in total. The number of furan rings is 1. The van der Waals surface area contributed by atoms with Crippen molar-refractivity contribution in [3.8, 4) is 0 Å². The molecule has 1 amide bonds. The molecule has 0 aliphatic rings. The Morgan fingerprint density at radius 2 is 2.20 bits per heavy atom. The molecule has 0 fully saturated rings. The van der Waals surface area contributed by atoms with Crippen molar-refractivity contribution in [2.24, 2.45) is 0 Å². The van der Waals surface area contributed by atoms with Gasteiger partial charge in [-0.2, -0.15) is 0 Å². The Morgan fingerprint density at radius 1 is 1.37 bits per heavy atom. The molecular formula is C21H22N5O4+. The van der Waals surface area contributed by atoms with Crippen LogP contribution in [0, 0.1) is 6.92 Å². The molecule has 0 bridgehead atoms. The third kappa shape index (κ3) is 3.39. The highest BCUT2D eigenvalue weighted by Gasteiger charge is 2.24. The maximum absolute atomic E-state index is 13.2. The molecule has 0 saturated heterocycles. The van der Waals surface area contributed by atoms with Crippen molar-refractivity contribution in [2.75, 3.05) is 19.5 Å². The molecule has 0 aliphatic carbocycles. The lowest BCUT2D eigenvalue weighted by molar-refractivity contribution is -0.660. The lowest BCUT2D eigenvalue weighted by atomic mass is 10.1. The van der Waals surface area contributed by atoms with Crippen LogP contribution in [0.25, 0.3) is 16.7 Å². The van der Waals surface area contributed by atoms with Crippen molar-refractivity contribution >= 4 is 28.4 Å². The number of nitrogen functional groups attached to an aromatic ring is 1. The third-order valence-corrected chi connectivity index (χ3v) is 4.94. The second kappa shape index (κ2) is 7.96. The average molecular weight is 408 g/mol. The van der Waals surface area contributed by atoms with Gasteiger partial charge in [0.05, 0.1) is 26.0 Å².